The molecule has 0 aromatic carbocycles. The van der Waals surface area contributed by atoms with Crippen molar-refractivity contribution in [2.24, 2.45) is 7.05 Å². The van der Waals surface area contributed by atoms with Crippen LogP contribution in [0.15, 0.2) is 35.2 Å². The summed E-state index contributed by atoms with van der Waals surface area (Å²) >= 11 is 0. The molecule has 4 bridgehead atoms. The van der Waals surface area contributed by atoms with Crippen molar-refractivity contribution in [3.05, 3.63) is 42.2 Å². The van der Waals surface area contributed by atoms with E-state index >= 15 is 0 Å². The molecule has 0 atom stereocenters. The van der Waals surface area contributed by atoms with Gasteiger partial charge in [0.1, 0.15) is 12.1 Å². The summed E-state index contributed by atoms with van der Waals surface area (Å²) in [6.45, 7) is 5.21. The Morgan fingerprint density at radius 3 is 2.67 bits per heavy atom. The Bertz CT molecular complexity index is 1030. The standard InChI is InChI=1S/C18H19N7O3.C2H6/c1-25-9-12-15(24-25)17(27)21-6-3-2-5-19-14-8-11(4-7-20-14)18-23-13(10-28-18)16(26)22-12;1-2/h4,7-10H,2-3,5-6H2,1H3,(H,19,20)(H,21,27)(H,22,26);1-2H3. The Labute approximate surface area is 174 Å². The van der Waals surface area contributed by atoms with Crippen molar-refractivity contribution in [3.63, 3.8) is 0 Å². The Morgan fingerprint density at radius 2 is 1.87 bits per heavy atom. The van der Waals surface area contributed by atoms with Crippen molar-refractivity contribution in [1.29, 1.82) is 0 Å². The van der Waals surface area contributed by atoms with Crippen molar-refractivity contribution >= 4 is 23.3 Å². The zero-order chi connectivity index (χ0) is 21.5. The van der Waals surface area contributed by atoms with Crippen LogP contribution in [0, 0.1) is 0 Å². The third-order valence-corrected chi connectivity index (χ3v) is 4.23. The lowest BCUT2D eigenvalue weighted by Crippen LogP contribution is -2.26. The SMILES string of the molecule is CC.Cn1cc2c(n1)C(=O)NCCCCNc1cc(ccn1)-c1nc(co1)C(=O)N2. The zero-order valence-electron chi connectivity index (χ0n) is 17.2. The van der Waals surface area contributed by atoms with Crippen LogP contribution < -0.4 is 16.0 Å². The van der Waals surface area contributed by atoms with Gasteiger partial charge in [0.25, 0.3) is 11.8 Å². The van der Waals surface area contributed by atoms with Gasteiger partial charge in [0.15, 0.2) is 11.4 Å². The first-order chi connectivity index (χ1) is 14.6. The number of rotatable bonds is 0. The van der Waals surface area contributed by atoms with E-state index in [1.807, 2.05) is 19.9 Å². The van der Waals surface area contributed by atoms with Crippen LogP contribution in [0.5, 0.6) is 0 Å². The fraction of sp³-hybridized carbons (Fsp3) is 0.350. The Balaban J connectivity index is 0.00000124. The Hall–Kier alpha value is -3.69. The Kier molecular flexibility index (Phi) is 6.79. The number of nitrogens with zero attached hydrogens (tertiary/aromatic N) is 4. The van der Waals surface area contributed by atoms with Crippen LogP contribution in [-0.4, -0.2) is 44.7 Å². The quantitative estimate of drug-likeness (QED) is 0.519. The third kappa shape index (κ3) is 4.83. The highest BCUT2D eigenvalue weighted by Gasteiger charge is 2.20. The topological polar surface area (TPSA) is 127 Å². The first kappa shape index (κ1) is 21.0. The molecule has 0 unspecified atom stereocenters. The lowest BCUT2D eigenvalue weighted by Gasteiger charge is -2.07. The number of carbonyl (C=O) groups is 2. The number of aryl methyl sites for hydroxylation is 1. The van der Waals surface area contributed by atoms with Gasteiger partial charge in [-0.05, 0) is 25.0 Å². The molecule has 3 aromatic rings. The number of hydrogen-bond donors (Lipinski definition) is 3. The molecule has 0 saturated heterocycles. The summed E-state index contributed by atoms with van der Waals surface area (Å²) < 4.78 is 6.93. The number of amides is 2. The predicted octanol–water partition coefficient (Wildman–Crippen LogP) is 2.68. The van der Waals surface area contributed by atoms with Crippen LogP contribution in [0.2, 0.25) is 0 Å². The van der Waals surface area contributed by atoms with Crippen LogP contribution in [0.4, 0.5) is 11.5 Å². The van der Waals surface area contributed by atoms with E-state index in [4.69, 9.17) is 4.42 Å². The normalized spacial score (nSPS) is 14.2. The van der Waals surface area contributed by atoms with Gasteiger partial charge in [0.2, 0.25) is 5.89 Å². The lowest BCUT2D eigenvalue weighted by molar-refractivity contribution is 0.0948. The average Bonchev–Trinajstić information content (AvgIpc) is 3.39. The van der Waals surface area contributed by atoms with Gasteiger partial charge in [0.05, 0.1) is 5.69 Å². The van der Waals surface area contributed by atoms with E-state index in [2.05, 4.69) is 31.0 Å². The molecule has 0 spiro atoms. The van der Waals surface area contributed by atoms with E-state index in [1.54, 1.807) is 25.5 Å². The molecular weight excluding hydrogens is 386 g/mol. The summed E-state index contributed by atoms with van der Waals surface area (Å²) in [5.74, 6) is 0.160. The van der Waals surface area contributed by atoms with Crippen LogP contribution >= 0.6 is 0 Å². The van der Waals surface area contributed by atoms with E-state index in [0.29, 0.717) is 36.0 Å². The van der Waals surface area contributed by atoms with Gasteiger partial charge in [-0.15, -0.1) is 0 Å². The number of fused-ring (bicyclic) bond motifs is 6. The highest BCUT2D eigenvalue weighted by Crippen LogP contribution is 2.22. The highest BCUT2D eigenvalue weighted by atomic mass is 16.3. The van der Waals surface area contributed by atoms with Crippen LogP contribution in [0.25, 0.3) is 11.5 Å². The number of aromatic nitrogens is 4. The molecule has 158 valence electrons. The smallest absolute Gasteiger partial charge is 0.277 e. The van der Waals surface area contributed by atoms with Crippen LogP contribution in [-0.2, 0) is 7.05 Å². The molecule has 2 amide bonds. The second-order valence-electron chi connectivity index (χ2n) is 6.38. The summed E-state index contributed by atoms with van der Waals surface area (Å²) in [6.07, 6.45) is 6.13. The lowest BCUT2D eigenvalue weighted by atomic mass is 10.2. The van der Waals surface area contributed by atoms with E-state index in [-0.39, 0.29) is 17.3 Å². The molecule has 4 heterocycles. The summed E-state index contributed by atoms with van der Waals surface area (Å²) in [7, 11) is 1.68. The predicted molar refractivity (Wildman–Crippen MR) is 112 cm³/mol. The van der Waals surface area contributed by atoms with Crippen molar-refractivity contribution in [3.8, 4) is 11.5 Å². The van der Waals surface area contributed by atoms with Gasteiger partial charge >= 0.3 is 0 Å². The summed E-state index contributed by atoms with van der Waals surface area (Å²) in [5.41, 5.74) is 1.27. The minimum absolute atomic E-state index is 0.0980. The number of pyridine rings is 1. The van der Waals surface area contributed by atoms with Gasteiger partial charge in [-0.25, -0.2) is 9.97 Å². The minimum Gasteiger partial charge on any atom is -0.444 e. The van der Waals surface area contributed by atoms with Gasteiger partial charge in [-0.3, -0.25) is 14.3 Å². The molecule has 30 heavy (non-hydrogen) atoms. The minimum atomic E-state index is -0.492. The fourth-order valence-corrected chi connectivity index (χ4v) is 2.86. The molecule has 1 aliphatic rings. The maximum Gasteiger partial charge on any atom is 0.277 e. The second-order valence-corrected chi connectivity index (χ2v) is 6.38. The molecule has 10 heteroatoms. The monoisotopic (exact) mass is 411 g/mol. The van der Waals surface area contributed by atoms with E-state index in [9.17, 15) is 9.59 Å². The second kappa shape index (κ2) is 9.68. The van der Waals surface area contributed by atoms with Crippen molar-refractivity contribution in [1.82, 2.24) is 25.1 Å². The fourth-order valence-electron chi connectivity index (χ4n) is 2.86. The van der Waals surface area contributed by atoms with Crippen LogP contribution in [0.3, 0.4) is 0 Å². The van der Waals surface area contributed by atoms with Crippen molar-refractivity contribution in [2.45, 2.75) is 26.7 Å². The van der Waals surface area contributed by atoms with E-state index < -0.39 is 5.91 Å². The first-order valence-corrected chi connectivity index (χ1v) is 9.89. The maximum atomic E-state index is 12.6. The number of anilines is 2. The molecule has 10 nitrogen and oxygen atoms in total. The van der Waals surface area contributed by atoms with Gasteiger partial charge < -0.3 is 20.4 Å². The zero-order valence-corrected chi connectivity index (χ0v) is 17.2. The number of oxazole rings is 1. The molecule has 1 aliphatic heterocycles. The molecule has 3 N–H and O–H groups in total. The molecular formula is C20H25N7O3. The van der Waals surface area contributed by atoms with E-state index in [1.165, 1.54) is 10.9 Å². The third-order valence-electron chi connectivity index (χ3n) is 4.23. The summed E-state index contributed by atoms with van der Waals surface area (Å²) in [4.78, 5) is 33.5. The molecule has 4 rings (SSSR count). The maximum absolute atomic E-state index is 12.6. The van der Waals surface area contributed by atoms with Gasteiger partial charge in [-0.1, -0.05) is 13.8 Å². The van der Waals surface area contributed by atoms with Crippen molar-refractivity contribution < 1.29 is 14.0 Å². The Morgan fingerprint density at radius 1 is 1.10 bits per heavy atom. The molecule has 0 radical (unpaired) electrons. The van der Waals surface area contributed by atoms with Gasteiger partial charge in [-0.2, -0.15) is 5.10 Å². The summed E-state index contributed by atoms with van der Waals surface area (Å²) in [6, 6.07) is 3.57. The molecule has 0 aliphatic carbocycles. The molecule has 3 aromatic heterocycles. The summed E-state index contributed by atoms with van der Waals surface area (Å²) in [5, 5.41) is 12.9. The van der Waals surface area contributed by atoms with Gasteiger partial charge in [0, 0.05) is 38.1 Å². The number of nitrogens with one attached hydrogen (secondary N) is 3. The first-order valence-electron chi connectivity index (χ1n) is 9.89. The van der Waals surface area contributed by atoms with Crippen LogP contribution in [0.1, 0.15) is 47.7 Å². The number of hydrogen-bond acceptors (Lipinski definition) is 7. The molecule has 0 saturated carbocycles. The highest BCUT2D eigenvalue weighted by molar-refractivity contribution is 6.07. The molecule has 0 fully saturated rings. The van der Waals surface area contributed by atoms with E-state index in [0.717, 1.165) is 12.8 Å². The number of carbonyl (C=O) groups excluding carboxylic acids is 2. The average molecular weight is 411 g/mol. The van der Waals surface area contributed by atoms with Crippen molar-refractivity contribution in [2.75, 3.05) is 23.7 Å². The largest absolute Gasteiger partial charge is 0.444 e.